The highest BCUT2D eigenvalue weighted by Gasteiger charge is 2.33. The number of ether oxygens (including phenoxy) is 1. The molecule has 0 atom stereocenters. The van der Waals surface area contributed by atoms with Gasteiger partial charge in [0.1, 0.15) is 0 Å². The van der Waals surface area contributed by atoms with Crippen LogP contribution >= 0.6 is 24.2 Å². The molecule has 0 heterocycles. The standard InChI is InChI=1S/C20H20OP.BrH/c1-21-17-22(18-11-5-2-6-12-18,19-13-7-3-8-14-19)20-15-9-4-10-16-20;/h2-16H,17H2,1H3;1H. The Kier molecular flexibility index (Phi) is 6.53. The van der Waals surface area contributed by atoms with Gasteiger partial charge in [0.25, 0.3) is 0 Å². The maximum absolute atomic E-state index is 5.72. The van der Waals surface area contributed by atoms with Crippen LogP contribution in [0.2, 0.25) is 0 Å². The molecule has 23 heavy (non-hydrogen) atoms. The van der Waals surface area contributed by atoms with Crippen molar-refractivity contribution in [2.24, 2.45) is 0 Å². The molecule has 0 spiro atoms. The molecule has 3 heteroatoms. The number of rotatable bonds is 5. The number of benzene rings is 3. The van der Waals surface area contributed by atoms with E-state index < -0.39 is 7.26 Å². The smallest absolute Gasteiger partial charge is 0.0737 e. The largest absolute Gasteiger partial charge is 0.380 e. The van der Waals surface area contributed by atoms with Crippen molar-refractivity contribution in [2.45, 2.75) is 0 Å². The fraction of sp³-hybridized carbons (Fsp3) is 0.100. The Bertz CT molecular complexity index is 605. The van der Waals surface area contributed by atoms with Gasteiger partial charge >= 0.3 is 0 Å². The highest BCUT2D eigenvalue weighted by atomic mass is 79.9. The van der Waals surface area contributed by atoms with Crippen LogP contribution in [-0.4, -0.2) is 13.5 Å². The second kappa shape index (κ2) is 8.40. The normalized spacial score (nSPS) is 10.8. The van der Waals surface area contributed by atoms with Gasteiger partial charge in [0.15, 0.2) is 0 Å². The zero-order valence-electron chi connectivity index (χ0n) is 13.1. The number of halogens is 1. The average Bonchev–Trinajstić information content (AvgIpc) is 2.62. The Morgan fingerprint density at radius 3 is 1.17 bits per heavy atom. The topological polar surface area (TPSA) is 9.23 Å². The molecule has 119 valence electrons. The summed E-state index contributed by atoms with van der Waals surface area (Å²) < 4.78 is 5.72. The monoisotopic (exact) mass is 387 g/mol. The van der Waals surface area contributed by atoms with Crippen molar-refractivity contribution < 1.29 is 4.74 Å². The molecule has 1 radical (unpaired) electrons. The molecule has 0 N–H and O–H groups in total. The SMILES string of the molecule is Br.COC[P](c1ccccc1)(c1ccccc1)c1ccccc1. The Balaban J connectivity index is 0.00000192. The van der Waals surface area contributed by atoms with Crippen LogP contribution in [0.15, 0.2) is 91.0 Å². The number of hydrogen-bond donors (Lipinski definition) is 0. The molecule has 0 amide bonds. The lowest BCUT2D eigenvalue weighted by atomic mass is 10.4. The maximum atomic E-state index is 5.72. The molecule has 0 bridgehead atoms. The first kappa shape index (κ1) is 17.9. The van der Waals surface area contributed by atoms with Crippen molar-refractivity contribution in [1.29, 1.82) is 0 Å². The molecule has 3 aromatic carbocycles. The van der Waals surface area contributed by atoms with Crippen LogP contribution in [0.3, 0.4) is 0 Å². The summed E-state index contributed by atoms with van der Waals surface area (Å²) in [6.45, 7) is 0. The lowest BCUT2D eigenvalue weighted by Gasteiger charge is -2.37. The van der Waals surface area contributed by atoms with E-state index in [2.05, 4.69) is 91.0 Å². The molecule has 1 nitrogen and oxygen atoms in total. The molecule has 0 aliphatic rings. The summed E-state index contributed by atoms with van der Waals surface area (Å²) in [5.74, 6) is 0. The quantitative estimate of drug-likeness (QED) is 0.597. The number of methoxy groups -OCH3 is 1. The van der Waals surface area contributed by atoms with Crippen molar-refractivity contribution >= 4 is 40.2 Å². The van der Waals surface area contributed by atoms with Gasteiger partial charge in [-0.25, -0.2) is 0 Å². The summed E-state index contributed by atoms with van der Waals surface area (Å²) in [7, 11) is 0.0197. The first-order valence-corrected chi connectivity index (χ1v) is 9.39. The van der Waals surface area contributed by atoms with E-state index >= 15 is 0 Å². The highest BCUT2D eigenvalue weighted by molar-refractivity contribution is 8.93. The van der Waals surface area contributed by atoms with Crippen LogP contribution in [0.5, 0.6) is 0 Å². The van der Waals surface area contributed by atoms with Gasteiger partial charge in [-0.2, -0.15) is 0 Å². The van der Waals surface area contributed by atoms with Gasteiger partial charge in [-0.1, -0.05) is 91.0 Å². The second-order valence-electron chi connectivity index (χ2n) is 5.23. The van der Waals surface area contributed by atoms with Gasteiger partial charge in [0.2, 0.25) is 0 Å². The van der Waals surface area contributed by atoms with E-state index in [1.807, 2.05) is 0 Å². The second-order valence-corrected chi connectivity index (χ2v) is 8.66. The van der Waals surface area contributed by atoms with Crippen LogP contribution in [0.1, 0.15) is 0 Å². The summed E-state index contributed by atoms with van der Waals surface area (Å²) in [6, 6.07) is 32.3. The minimum absolute atomic E-state index is 0. The van der Waals surface area contributed by atoms with Crippen molar-refractivity contribution in [1.82, 2.24) is 0 Å². The first-order chi connectivity index (χ1) is 10.9. The van der Waals surface area contributed by atoms with E-state index in [4.69, 9.17) is 4.74 Å². The van der Waals surface area contributed by atoms with Gasteiger partial charge < -0.3 is 4.74 Å². The summed E-state index contributed by atoms with van der Waals surface area (Å²) in [5.41, 5.74) is 0. The van der Waals surface area contributed by atoms with Gasteiger partial charge in [0, 0.05) is 7.11 Å². The molecule has 3 rings (SSSR count). The van der Waals surface area contributed by atoms with Crippen molar-refractivity contribution in [2.75, 3.05) is 13.5 Å². The number of hydrogen-bond acceptors (Lipinski definition) is 1. The molecule has 0 aromatic heterocycles. The predicted molar refractivity (Wildman–Crippen MR) is 107 cm³/mol. The van der Waals surface area contributed by atoms with E-state index in [1.54, 1.807) is 7.11 Å². The van der Waals surface area contributed by atoms with Crippen LogP contribution < -0.4 is 15.9 Å². The molecule has 0 fully saturated rings. The summed E-state index contributed by atoms with van der Waals surface area (Å²) in [4.78, 5) is 0. The average molecular weight is 388 g/mol. The van der Waals surface area contributed by atoms with E-state index in [-0.39, 0.29) is 17.0 Å². The predicted octanol–water partition coefficient (Wildman–Crippen LogP) is 4.16. The third-order valence-corrected chi connectivity index (χ3v) is 8.10. The Morgan fingerprint density at radius 1 is 0.609 bits per heavy atom. The van der Waals surface area contributed by atoms with Crippen molar-refractivity contribution in [3.05, 3.63) is 91.0 Å². The summed E-state index contributed by atoms with van der Waals surface area (Å²) >= 11 is 0. The fourth-order valence-corrected chi connectivity index (χ4v) is 6.68. The van der Waals surface area contributed by atoms with E-state index in [9.17, 15) is 0 Å². The van der Waals surface area contributed by atoms with Gasteiger partial charge in [0.05, 0.1) is 6.35 Å². The van der Waals surface area contributed by atoms with E-state index in [1.165, 1.54) is 15.9 Å². The van der Waals surface area contributed by atoms with Crippen LogP contribution in [0.4, 0.5) is 0 Å². The Labute approximate surface area is 149 Å². The lowest BCUT2D eigenvalue weighted by Crippen LogP contribution is -2.33. The maximum Gasteiger partial charge on any atom is 0.0737 e. The molecule has 0 unspecified atom stereocenters. The van der Waals surface area contributed by atoms with E-state index in [0.717, 1.165) is 0 Å². The van der Waals surface area contributed by atoms with Crippen molar-refractivity contribution in [3.8, 4) is 0 Å². The molecule has 3 aromatic rings. The first-order valence-electron chi connectivity index (χ1n) is 7.42. The van der Waals surface area contributed by atoms with Crippen LogP contribution in [-0.2, 0) is 4.74 Å². The minimum atomic E-state index is -1.78. The summed E-state index contributed by atoms with van der Waals surface area (Å²) in [6.07, 6.45) is 0.713. The highest BCUT2D eigenvalue weighted by Crippen LogP contribution is 2.54. The molecular formula is C20H21BrOP. The third-order valence-electron chi connectivity index (χ3n) is 3.91. The molecule has 0 aliphatic heterocycles. The van der Waals surface area contributed by atoms with Gasteiger partial charge in [-0.05, 0) is 23.2 Å². The van der Waals surface area contributed by atoms with Crippen LogP contribution in [0, 0.1) is 0 Å². The molecule has 0 aliphatic carbocycles. The Morgan fingerprint density at radius 2 is 0.913 bits per heavy atom. The van der Waals surface area contributed by atoms with Gasteiger partial charge in [-0.3, -0.25) is 0 Å². The zero-order valence-corrected chi connectivity index (χ0v) is 15.7. The lowest BCUT2D eigenvalue weighted by molar-refractivity contribution is 0.255. The molecule has 0 saturated carbocycles. The van der Waals surface area contributed by atoms with Gasteiger partial charge in [-0.15, -0.1) is 17.0 Å². The zero-order chi connectivity index (χ0) is 15.3. The fourth-order valence-electron chi connectivity index (χ4n) is 2.91. The molecule has 0 saturated heterocycles. The third kappa shape index (κ3) is 3.55. The Hall–Kier alpha value is -1.47. The van der Waals surface area contributed by atoms with Crippen molar-refractivity contribution in [3.63, 3.8) is 0 Å². The minimum Gasteiger partial charge on any atom is -0.380 e. The van der Waals surface area contributed by atoms with Crippen LogP contribution in [0.25, 0.3) is 0 Å². The molecular weight excluding hydrogens is 367 g/mol. The summed E-state index contributed by atoms with van der Waals surface area (Å²) in [5, 5.41) is 4.07. The van der Waals surface area contributed by atoms with E-state index in [0.29, 0.717) is 6.35 Å².